The largest absolute Gasteiger partial charge is 0.135 e. The van der Waals surface area contributed by atoms with Gasteiger partial charge in [0.05, 0.1) is 0 Å². The summed E-state index contributed by atoms with van der Waals surface area (Å²) in [5.41, 5.74) is 0. The molecule has 1 aromatic heterocycles. The zero-order valence-corrected chi connectivity index (χ0v) is 18.1. The molecule has 5 aromatic carbocycles. The molecule has 6 rings (SSSR count). The Morgan fingerprint density at radius 3 is 1.78 bits per heavy atom. The number of hydrogen-bond donors (Lipinski definition) is 0. The minimum atomic E-state index is 1.12. The van der Waals surface area contributed by atoms with Gasteiger partial charge in [0, 0.05) is 29.1 Å². The Labute approximate surface area is 176 Å². The van der Waals surface area contributed by atoms with E-state index in [0.717, 1.165) is 8.95 Å². The number of rotatable bonds is 0. The Kier molecular flexibility index (Phi) is 3.44. The molecule has 0 spiro atoms. The van der Waals surface area contributed by atoms with Gasteiger partial charge < -0.3 is 0 Å². The van der Waals surface area contributed by atoms with Gasteiger partial charge in [-0.3, -0.25) is 0 Å². The van der Waals surface area contributed by atoms with Crippen molar-refractivity contribution in [3.8, 4) is 0 Å². The first-order chi connectivity index (χ1) is 13.2. The molecule has 0 unspecified atom stereocenters. The summed E-state index contributed by atoms with van der Waals surface area (Å²) in [6.45, 7) is 0. The molecule has 0 aliphatic carbocycles. The van der Waals surface area contributed by atoms with Crippen LogP contribution in [0.2, 0.25) is 0 Å². The number of thiophene rings is 1. The second-order valence-corrected chi connectivity index (χ2v) is 9.79. The monoisotopic (exact) mass is 490 g/mol. The summed E-state index contributed by atoms with van der Waals surface area (Å²) >= 11 is 9.15. The SMILES string of the molecule is Brc1ccc2sc3cc4c5ccc(Br)cc5c5ccccc5c4cc3c2c1. The average molecular weight is 492 g/mol. The molecular weight excluding hydrogens is 480 g/mol. The van der Waals surface area contributed by atoms with Gasteiger partial charge in [0.1, 0.15) is 0 Å². The number of benzene rings is 5. The summed E-state index contributed by atoms with van der Waals surface area (Å²) in [5.74, 6) is 0. The van der Waals surface area contributed by atoms with E-state index in [1.54, 1.807) is 0 Å². The van der Waals surface area contributed by atoms with Crippen LogP contribution in [0.1, 0.15) is 0 Å². The maximum Gasteiger partial charge on any atom is 0.0362 e. The van der Waals surface area contributed by atoms with Crippen molar-refractivity contribution in [2.45, 2.75) is 0 Å². The molecule has 3 heteroatoms. The quantitative estimate of drug-likeness (QED) is 0.186. The van der Waals surface area contributed by atoms with E-state index in [1.807, 2.05) is 11.3 Å². The van der Waals surface area contributed by atoms with E-state index in [-0.39, 0.29) is 0 Å². The van der Waals surface area contributed by atoms with E-state index < -0.39 is 0 Å². The van der Waals surface area contributed by atoms with Gasteiger partial charge in [-0.1, -0.05) is 62.2 Å². The summed E-state index contributed by atoms with van der Waals surface area (Å²) in [5, 5.41) is 10.6. The molecule has 128 valence electrons. The summed E-state index contributed by atoms with van der Waals surface area (Å²) in [6, 6.07) is 26.7. The molecule has 0 radical (unpaired) electrons. The van der Waals surface area contributed by atoms with Crippen LogP contribution < -0.4 is 0 Å². The van der Waals surface area contributed by atoms with Crippen molar-refractivity contribution >= 4 is 95.7 Å². The molecule has 1 heterocycles. The lowest BCUT2D eigenvalue weighted by Gasteiger charge is -2.11. The van der Waals surface area contributed by atoms with E-state index in [1.165, 1.54) is 52.5 Å². The normalized spacial score (nSPS) is 12.1. The highest BCUT2D eigenvalue weighted by molar-refractivity contribution is 9.10. The number of hydrogen-bond acceptors (Lipinski definition) is 1. The number of halogens is 2. The molecule has 0 atom stereocenters. The summed E-state index contributed by atoms with van der Waals surface area (Å²) in [4.78, 5) is 0. The highest BCUT2D eigenvalue weighted by Crippen LogP contribution is 2.42. The molecule has 0 N–H and O–H groups in total. The van der Waals surface area contributed by atoms with Crippen LogP contribution in [0.15, 0.2) is 81.7 Å². The van der Waals surface area contributed by atoms with Gasteiger partial charge in [0.25, 0.3) is 0 Å². The van der Waals surface area contributed by atoms with Crippen LogP contribution in [0, 0.1) is 0 Å². The molecule has 0 amide bonds. The fourth-order valence-electron chi connectivity index (χ4n) is 4.17. The Bertz CT molecular complexity index is 1540. The molecule has 0 aliphatic heterocycles. The third-order valence-corrected chi connectivity index (χ3v) is 7.47. The molecule has 0 aliphatic rings. The lowest BCUT2D eigenvalue weighted by Crippen LogP contribution is -1.83. The predicted molar refractivity (Wildman–Crippen MR) is 127 cm³/mol. The third kappa shape index (κ3) is 2.32. The summed E-state index contributed by atoms with van der Waals surface area (Å²) in [7, 11) is 0. The van der Waals surface area contributed by atoms with Gasteiger partial charge in [-0.2, -0.15) is 0 Å². The molecule has 0 fully saturated rings. The van der Waals surface area contributed by atoms with Crippen LogP contribution in [-0.2, 0) is 0 Å². The van der Waals surface area contributed by atoms with Gasteiger partial charge in [-0.15, -0.1) is 11.3 Å². The molecule has 0 nitrogen and oxygen atoms in total. The highest BCUT2D eigenvalue weighted by Gasteiger charge is 2.13. The fourth-order valence-corrected chi connectivity index (χ4v) is 6.00. The predicted octanol–water partition coefficient (Wildman–Crippen LogP) is 9.04. The van der Waals surface area contributed by atoms with Crippen LogP contribution >= 0.6 is 43.2 Å². The zero-order valence-electron chi connectivity index (χ0n) is 14.1. The van der Waals surface area contributed by atoms with E-state index in [2.05, 4.69) is 105 Å². The first-order valence-electron chi connectivity index (χ1n) is 8.74. The first kappa shape index (κ1) is 16.1. The Balaban J connectivity index is 1.92. The van der Waals surface area contributed by atoms with Crippen molar-refractivity contribution < 1.29 is 0 Å². The van der Waals surface area contributed by atoms with Crippen molar-refractivity contribution in [1.29, 1.82) is 0 Å². The second kappa shape index (κ2) is 5.78. The van der Waals surface area contributed by atoms with Crippen LogP contribution in [0.5, 0.6) is 0 Å². The standard InChI is InChI=1S/C24H12Br2S/c25-13-5-7-17-18(9-13)15-3-1-2-4-16(15)19-11-22-21-10-14(26)6-8-23(21)27-24(22)12-20(17)19/h1-12H. The lowest BCUT2D eigenvalue weighted by molar-refractivity contribution is 1.74. The molecule has 0 saturated heterocycles. The van der Waals surface area contributed by atoms with Gasteiger partial charge in [0.15, 0.2) is 0 Å². The molecule has 27 heavy (non-hydrogen) atoms. The average Bonchev–Trinajstić information content (AvgIpc) is 3.03. The lowest BCUT2D eigenvalue weighted by atomic mass is 9.93. The maximum atomic E-state index is 3.65. The fraction of sp³-hybridized carbons (Fsp3) is 0. The number of fused-ring (bicyclic) bond motifs is 9. The molecule has 0 saturated carbocycles. The van der Waals surface area contributed by atoms with E-state index in [9.17, 15) is 0 Å². The van der Waals surface area contributed by atoms with E-state index in [4.69, 9.17) is 0 Å². The second-order valence-electron chi connectivity index (χ2n) is 6.87. The van der Waals surface area contributed by atoms with Crippen LogP contribution in [-0.4, -0.2) is 0 Å². The van der Waals surface area contributed by atoms with Gasteiger partial charge in [-0.05, 0) is 74.8 Å². The zero-order chi connectivity index (χ0) is 18.1. The van der Waals surface area contributed by atoms with Crippen LogP contribution in [0.25, 0.3) is 52.5 Å². The van der Waals surface area contributed by atoms with Crippen molar-refractivity contribution in [3.05, 3.63) is 81.7 Å². The minimum Gasteiger partial charge on any atom is -0.135 e. The summed E-state index contributed by atoms with van der Waals surface area (Å²) in [6.07, 6.45) is 0. The highest BCUT2D eigenvalue weighted by atomic mass is 79.9. The molecule has 6 aromatic rings. The van der Waals surface area contributed by atoms with Gasteiger partial charge in [-0.25, -0.2) is 0 Å². The van der Waals surface area contributed by atoms with Crippen molar-refractivity contribution in [1.82, 2.24) is 0 Å². The van der Waals surface area contributed by atoms with Crippen molar-refractivity contribution in [2.75, 3.05) is 0 Å². The molecule has 0 bridgehead atoms. The third-order valence-electron chi connectivity index (χ3n) is 5.35. The first-order valence-corrected chi connectivity index (χ1v) is 11.1. The smallest absolute Gasteiger partial charge is 0.0362 e. The minimum absolute atomic E-state index is 1.12. The van der Waals surface area contributed by atoms with Crippen molar-refractivity contribution in [3.63, 3.8) is 0 Å². The Morgan fingerprint density at radius 2 is 1.00 bits per heavy atom. The van der Waals surface area contributed by atoms with E-state index in [0.29, 0.717) is 0 Å². The summed E-state index contributed by atoms with van der Waals surface area (Å²) < 4.78 is 4.92. The van der Waals surface area contributed by atoms with Gasteiger partial charge in [0.2, 0.25) is 0 Å². The Morgan fingerprint density at radius 1 is 0.444 bits per heavy atom. The topological polar surface area (TPSA) is 0 Å². The van der Waals surface area contributed by atoms with Crippen molar-refractivity contribution in [2.24, 2.45) is 0 Å². The molecular formula is C24H12Br2S. The Hall–Kier alpha value is -1.94. The van der Waals surface area contributed by atoms with E-state index >= 15 is 0 Å². The van der Waals surface area contributed by atoms with Crippen LogP contribution in [0.4, 0.5) is 0 Å². The maximum absolute atomic E-state index is 3.65. The van der Waals surface area contributed by atoms with Gasteiger partial charge >= 0.3 is 0 Å². The van der Waals surface area contributed by atoms with Crippen LogP contribution in [0.3, 0.4) is 0 Å².